The van der Waals surface area contributed by atoms with Gasteiger partial charge in [0.1, 0.15) is 0 Å². The van der Waals surface area contributed by atoms with Gasteiger partial charge in [-0.3, -0.25) is 0 Å². The zero-order chi connectivity index (χ0) is 18.1. The molecular formula is C22H27N3O. The predicted molar refractivity (Wildman–Crippen MR) is 107 cm³/mol. The number of fused-ring (bicyclic) bond motifs is 2. The van der Waals surface area contributed by atoms with Gasteiger partial charge in [0.25, 0.3) is 0 Å². The van der Waals surface area contributed by atoms with E-state index in [9.17, 15) is 0 Å². The van der Waals surface area contributed by atoms with E-state index in [4.69, 9.17) is 9.72 Å². The molecule has 0 amide bonds. The highest BCUT2D eigenvalue weighted by molar-refractivity contribution is 5.93. The summed E-state index contributed by atoms with van der Waals surface area (Å²) in [6.07, 6.45) is 4.05. The lowest BCUT2D eigenvalue weighted by atomic mass is 10.00. The van der Waals surface area contributed by atoms with E-state index >= 15 is 0 Å². The number of methoxy groups -OCH3 is 1. The van der Waals surface area contributed by atoms with E-state index in [2.05, 4.69) is 53.6 Å². The Morgan fingerprint density at radius 1 is 1.12 bits per heavy atom. The average molecular weight is 349 g/mol. The van der Waals surface area contributed by atoms with Crippen molar-refractivity contribution >= 4 is 16.7 Å². The lowest BCUT2D eigenvalue weighted by Gasteiger charge is -2.30. The Morgan fingerprint density at radius 2 is 1.92 bits per heavy atom. The number of aryl methyl sites for hydroxylation is 2. The van der Waals surface area contributed by atoms with Crippen LogP contribution in [-0.4, -0.2) is 29.8 Å². The molecule has 1 aliphatic heterocycles. The third-order valence-corrected chi connectivity index (χ3v) is 5.69. The van der Waals surface area contributed by atoms with Gasteiger partial charge in [0.2, 0.25) is 0 Å². The molecule has 0 bridgehead atoms. The highest BCUT2D eigenvalue weighted by Gasteiger charge is 2.22. The maximum absolute atomic E-state index is 5.27. The molecule has 3 heterocycles. The molecule has 0 aliphatic carbocycles. The molecule has 26 heavy (non-hydrogen) atoms. The molecule has 0 saturated carbocycles. The summed E-state index contributed by atoms with van der Waals surface area (Å²) in [5, 5.41) is 1.32. The first kappa shape index (κ1) is 17.1. The summed E-state index contributed by atoms with van der Waals surface area (Å²) < 4.78 is 7.71. The number of benzene rings is 1. The molecule has 4 nitrogen and oxygen atoms in total. The monoisotopic (exact) mass is 349 g/mol. The Labute approximate surface area is 155 Å². The van der Waals surface area contributed by atoms with Crippen molar-refractivity contribution in [2.45, 2.75) is 39.8 Å². The number of anilines is 1. The third kappa shape index (κ3) is 2.88. The van der Waals surface area contributed by atoms with Crippen LogP contribution in [0.3, 0.4) is 0 Å². The minimum absolute atomic E-state index is 0.783. The Hall–Kier alpha value is -2.33. The molecule has 0 atom stereocenters. The van der Waals surface area contributed by atoms with E-state index in [1.54, 1.807) is 7.11 Å². The van der Waals surface area contributed by atoms with Crippen LogP contribution in [0.4, 0.5) is 5.82 Å². The van der Waals surface area contributed by atoms with Gasteiger partial charge in [-0.25, -0.2) is 4.98 Å². The average Bonchev–Trinajstić information content (AvgIpc) is 2.93. The minimum Gasteiger partial charge on any atom is -0.385 e. The SMILES string of the molecule is COCCCn1c(C)c(C)c2ccnc(N3CCc4ccccc4C3)c21. The van der Waals surface area contributed by atoms with Crippen LogP contribution in [0, 0.1) is 13.8 Å². The van der Waals surface area contributed by atoms with Crippen LogP contribution in [-0.2, 0) is 24.2 Å². The van der Waals surface area contributed by atoms with Crippen molar-refractivity contribution in [1.29, 1.82) is 0 Å². The number of pyridine rings is 1. The van der Waals surface area contributed by atoms with Crippen molar-refractivity contribution < 1.29 is 4.74 Å². The quantitative estimate of drug-likeness (QED) is 0.645. The van der Waals surface area contributed by atoms with Gasteiger partial charge in [-0.05, 0) is 49.4 Å². The van der Waals surface area contributed by atoms with E-state index in [0.29, 0.717) is 0 Å². The van der Waals surface area contributed by atoms with Gasteiger partial charge in [0, 0.05) is 50.6 Å². The highest BCUT2D eigenvalue weighted by Crippen LogP contribution is 2.33. The molecule has 4 rings (SSSR count). The molecule has 0 N–H and O–H groups in total. The summed E-state index contributed by atoms with van der Waals surface area (Å²) in [5.74, 6) is 1.12. The lowest BCUT2D eigenvalue weighted by Crippen LogP contribution is -2.31. The number of hydrogen-bond donors (Lipinski definition) is 0. The summed E-state index contributed by atoms with van der Waals surface area (Å²) in [7, 11) is 1.77. The fourth-order valence-corrected chi connectivity index (χ4v) is 4.13. The number of aromatic nitrogens is 2. The second-order valence-electron chi connectivity index (χ2n) is 7.18. The van der Waals surface area contributed by atoms with Gasteiger partial charge < -0.3 is 14.2 Å². The molecule has 4 heteroatoms. The topological polar surface area (TPSA) is 30.3 Å². The molecule has 0 fully saturated rings. The summed E-state index contributed by atoms with van der Waals surface area (Å²) in [4.78, 5) is 7.26. The van der Waals surface area contributed by atoms with Gasteiger partial charge >= 0.3 is 0 Å². The molecule has 1 aliphatic rings. The number of rotatable bonds is 5. The molecular weight excluding hydrogens is 322 g/mol. The minimum atomic E-state index is 0.783. The Morgan fingerprint density at radius 3 is 2.73 bits per heavy atom. The maximum atomic E-state index is 5.27. The van der Waals surface area contributed by atoms with E-state index in [0.717, 1.165) is 44.9 Å². The van der Waals surface area contributed by atoms with E-state index in [-0.39, 0.29) is 0 Å². The first-order valence-electron chi connectivity index (χ1n) is 9.45. The fraction of sp³-hybridized carbons (Fsp3) is 0.409. The smallest absolute Gasteiger partial charge is 0.153 e. The van der Waals surface area contributed by atoms with E-state index in [1.807, 2.05) is 6.20 Å². The van der Waals surface area contributed by atoms with Gasteiger partial charge in [-0.15, -0.1) is 0 Å². The normalized spacial score (nSPS) is 14.0. The van der Waals surface area contributed by atoms with Crippen LogP contribution in [0.1, 0.15) is 28.8 Å². The molecule has 0 radical (unpaired) electrons. The Balaban J connectivity index is 1.77. The van der Waals surface area contributed by atoms with Crippen LogP contribution in [0.25, 0.3) is 10.9 Å². The predicted octanol–water partition coefficient (Wildman–Crippen LogP) is 4.25. The van der Waals surface area contributed by atoms with E-state index < -0.39 is 0 Å². The highest BCUT2D eigenvalue weighted by atomic mass is 16.5. The zero-order valence-corrected chi connectivity index (χ0v) is 16.0. The lowest BCUT2D eigenvalue weighted by molar-refractivity contribution is 0.190. The summed E-state index contributed by atoms with van der Waals surface area (Å²) in [6, 6.07) is 10.9. The van der Waals surface area contributed by atoms with Crippen molar-refractivity contribution in [2.24, 2.45) is 0 Å². The molecule has 1 aromatic carbocycles. The largest absolute Gasteiger partial charge is 0.385 e. The van der Waals surface area contributed by atoms with Gasteiger partial charge in [0.15, 0.2) is 5.82 Å². The maximum Gasteiger partial charge on any atom is 0.153 e. The van der Waals surface area contributed by atoms with Crippen molar-refractivity contribution in [1.82, 2.24) is 9.55 Å². The zero-order valence-electron chi connectivity index (χ0n) is 16.0. The first-order valence-corrected chi connectivity index (χ1v) is 9.45. The Bertz CT molecular complexity index is 929. The number of ether oxygens (including phenoxy) is 1. The van der Waals surface area contributed by atoms with Crippen molar-refractivity contribution in [3.05, 3.63) is 58.9 Å². The second-order valence-corrected chi connectivity index (χ2v) is 7.18. The van der Waals surface area contributed by atoms with Crippen molar-refractivity contribution in [3.63, 3.8) is 0 Å². The van der Waals surface area contributed by atoms with Crippen LogP contribution in [0.15, 0.2) is 36.5 Å². The van der Waals surface area contributed by atoms with Crippen molar-refractivity contribution in [3.8, 4) is 0 Å². The second kappa shape index (κ2) is 7.12. The third-order valence-electron chi connectivity index (χ3n) is 5.69. The standard InChI is InChI=1S/C22H27N3O/c1-16-17(2)25(12-6-14-26-3)21-20(16)9-11-23-22(21)24-13-10-18-7-4-5-8-19(18)15-24/h4-5,7-9,11H,6,10,12-15H2,1-3H3. The molecule has 0 unspecified atom stereocenters. The molecule has 2 aromatic heterocycles. The number of hydrogen-bond acceptors (Lipinski definition) is 3. The van der Waals surface area contributed by atoms with Crippen LogP contribution in [0.2, 0.25) is 0 Å². The molecule has 0 saturated heterocycles. The number of nitrogens with zero attached hydrogens (tertiary/aromatic N) is 3. The molecule has 3 aromatic rings. The van der Waals surface area contributed by atoms with Crippen LogP contribution in [0.5, 0.6) is 0 Å². The van der Waals surface area contributed by atoms with Gasteiger partial charge in [0.05, 0.1) is 5.52 Å². The Kier molecular flexibility index (Phi) is 4.68. The van der Waals surface area contributed by atoms with Gasteiger partial charge in [-0.2, -0.15) is 0 Å². The van der Waals surface area contributed by atoms with Crippen molar-refractivity contribution in [2.75, 3.05) is 25.2 Å². The van der Waals surface area contributed by atoms with Crippen LogP contribution >= 0.6 is 0 Å². The summed E-state index contributed by atoms with van der Waals surface area (Å²) >= 11 is 0. The molecule has 136 valence electrons. The van der Waals surface area contributed by atoms with Gasteiger partial charge in [-0.1, -0.05) is 24.3 Å². The van der Waals surface area contributed by atoms with E-state index in [1.165, 1.54) is 33.3 Å². The van der Waals surface area contributed by atoms with Crippen LogP contribution < -0.4 is 4.90 Å². The summed E-state index contributed by atoms with van der Waals surface area (Å²) in [6.45, 7) is 8.14. The summed E-state index contributed by atoms with van der Waals surface area (Å²) in [5.41, 5.74) is 6.86. The molecule has 0 spiro atoms. The first-order chi connectivity index (χ1) is 12.7. The fourth-order valence-electron chi connectivity index (χ4n) is 4.13.